The lowest BCUT2D eigenvalue weighted by Crippen LogP contribution is -2.52. The molecule has 0 bridgehead atoms. The predicted molar refractivity (Wildman–Crippen MR) is 140 cm³/mol. The molecule has 2 saturated carbocycles. The van der Waals surface area contributed by atoms with Gasteiger partial charge in [-0.15, -0.1) is 0 Å². The summed E-state index contributed by atoms with van der Waals surface area (Å²) >= 11 is 6.20. The molecule has 3 fully saturated rings. The minimum absolute atomic E-state index is 0.00316. The highest BCUT2D eigenvalue weighted by Crippen LogP contribution is 2.50. The number of amides is 2. The fraction of sp³-hybridized carbons (Fsp3) is 0.500. The second-order valence-corrected chi connectivity index (χ2v) is 11.1. The number of fused-ring (bicyclic) bond motifs is 1. The maximum Gasteiger partial charge on any atom is 0.269 e. The van der Waals surface area contributed by atoms with Crippen LogP contribution in [0.15, 0.2) is 42.5 Å². The SMILES string of the molecule is CCOc1ccc(Cl)cc1C(=O)N1C[C@@H]2CCC[C@]2(CNC(=O)C2(c3cccc([N+](=O)[O-])c3)CCC2)C1. The number of carbonyl (C=O) groups excluding carboxylic acids is 2. The van der Waals surface area contributed by atoms with E-state index >= 15 is 0 Å². The highest BCUT2D eigenvalue weighted by atomic mass is 35.5. The van der Waals surface area contributed by atoms with Crippen molar-refractivity contribution in [3.63, 3.8) is 0 Å². The molecular formula is C28H32ClN3O5. The van der Waals surface area contributed by atoms with E-state index in [0.29, 0.717) is 66.9 Å². The number of ether oxygens (including phenoxy) is 1. The Balaban J connectivity index is 1.32. The van der Waals surface area contributed by atoms with Gasteiger partial charge in [0.15, 0.2) is 0 Å². The molecule has 9 heteroatoms. The molecule has 2 amide bonds. The monoisotopic (exact) mass is 525 g/mol. The lowest BCUT2D eigenvalue weighted by Gasteiger charge is -2.41. The number of hydrogen-bond acceptors (Lipinski definition) is 5. The van der Waals surface area contributed by atoms with Crippen molar-refractivity contribution in [3.05, 3.63) is 68.7 Å². The Labute approximate surface area is 221 Å². The van der Waals surface area contributed by atoms with Gasteiger partial charge in [-0.05, 0) is 62.3 Å². The van der Waals surface area contributed by atoms with Crippen LogP contribution in [0, 0.1) is 21.4 Å². The van der Waals surface area contributed by atoms with Crippen LogP contribution in [0.5, 0.6) is 5.75 Å². The van der Waals surface area contributed by atoms with Crippen molar-refractivity contribution in [1.29, 1.82) is 0 Å². The van der Waals surface area contributed by atoms with E-state index < -0.39 is 10.3 Å². The number of nitrogens with one attached hydrogen (secondary N) is 1. The topological polar surface area (TPSA) is 102 Å². The molecule has 5 rings (SSSR count). The van der Waals surface area contributed by atoms with Crippen molar-refractivity contribution in [1.82, 2.24) is 10.2 Å². The van der Waals surface area contributed by atoms with Crippen LogP contribution in [0.3, 0.4) is 0 Å². The van der Waals surface area contributed by atoms with Gasteiger partial charge < -0.3 is 15.0 Å². The third-order valence-electron chi connectivity index (χ3n) is 8.65. The van der Waals surface area contributed by atoms with Gasteiger partial charge in [-0.1, -0.05) is 36.6 Å². The summed E-state index contributed by atoms with van der Waals surface area (Å²) in [5.41, 5.74) is 0.274. The first-order valence-electron chi connectivity index (χ1n) is 13.0. The number of nitro benzene ring substituents is 1. The van der Waals surface area contributed by atoms with Crippen LogP contribution in [0.4, 0.5) is 5.69 Å². The zero-order chi connectivity index (χ0) is 26.2. The number of nitro groups is 1. The smallest absolute Gasteiger partial charge is 0.269 e. The summed E-state index contributed by atoms with van der Waals surface area (Å²) in [5, 5.41) is 15.0. The Morgan fingerprint density at radius 3 is 2.70 bits per heavy atom. The van der Waals surface area contributed by atoms with Crippen LogP contribution in [0.25, 0.3) is 0 Å². The fourth-order valence-corrected chi connectivity index (χ4v) is 6.67. The molecule has 0 aromatic heterocycles. The van der Waals surface area contributed by atoms with Crippen LogP contribution >= 0.6 is 11.6 Å². The van der Waals surface area contributed by atoms with Gasteiger partial charge in [-0.25, -0.2) is 0 Å². The van der Waals surface area contributed by atoms with Gasteiger partial charge >= 0.3 is 0 Å². The maximum absolute atomic E-state index is 13.6. The lowest BCUT2D eigenvalue weighted by atomic mass is 9.63. The molecule has 1 saturated heterocycles. The first-order valence-corrected chi connectivity index (χ1v) is 13.4. The molecular weight excluding hydrogens is 494 g/mol. The lowest BCUT2D eigenvalue weighted by molar-refractivity contribution is -0.385. The van der Waals surface area contributed by atoms with Crippen LogP contribution in [0.2, 0.25) is 5.02 Å². The van der Waals surface area contributed by atoms with E-state index in [-0.39, 0.29) is 22.9 Å². The summed E-state index contributed by atoms with van der Waals surface area (Å²) in [6, 6.07) is 11.6. The second kappa shape index (κ2) is 9.97. The van der Waals surface area contributed by atoms with E-state index in [2.05, 4.69) is 5.32 Å². The highest BCUT2D eigenvalue weighted by molar-refractivity contribution is 6.31. The number of non-ortho nitro benzene ring substituents is 1. The zero-order valence-corrected chi connectivity index (χ0v) is 21.8. The van der Waals surface area contributed by atoms with Gasteiger partial charge in [0.1, 0.15) is 5.75 Å². The van der Waals surface area contributed by atoms with E-state index in [1.165, 1.54) is 12.1 Å². The third-order valence-corrected chi connectivity index (χ3v) is 8.89. The summed E-state index contributed by atoms with van der Waals surface area (Å²) in [7, 11) is 0. The summed E-state index contributed by atoms with van der Waals surface area (Å²) in [4.78, 5) is 39.9. The Hall–Kier alpha value is -3.13. The molecule has 2 atom stereocenters. The van der Waals surface area contributed by atoms with Crippen LogP contribution < -0.4 is 10.1 Å². The van der Waals surface area contributed by atoms with Gasteiger partial charge in [-0.3, -0.25) is 19.7 Å². The quantitative estimate of drug-likeness (QED) is 0.380. The van der Waals surface area contributed by atoms with Crippen LogP contribution in [0.1, 0.15) is 61.4 Å². The zero-order valence-electron chi connectivity index (χ0n) is 21.0. The molecule has 1 aliphatic heterocycles. The number of likely N-dealkylation sites (tertiary alicyclic amines) is 1. The van der Waals surface area contributed by atoms with E-state index in [0.717, 1.165) is 25.7 Å². The first-order chi connectivity index (χ1) is 17.8. The molecule has 3 aliphatic rings. The number of hydrogen-bond donors (Lipinski definition) is 1. The molecule has 37 heavy (non-hydrogen) atoms. The molecule has 2 aromatic rings. The van der Waals surface area contributed by atoms with Gasteiger partial charge in [0.05, 0.1) is 22.5 Å². The van der Waals surface area contributed by atoms with E-state index in [1.54, 1.807) is 24.3 Å². The molecule has 196 valence electrons. The van der Waals surface area contributed by atoms with Gasteiger partial charge in [0, 0.05) is 42.2 Å². The van der Waals surface area contributed by atoms with Crippen LogP contribution in [-0.2, 0) is 10.2 Å². The van der Waals surface area contributed by atoms with Crippen molar-refractivity contribution >= 4 is 29.1 Å². The molecule has 1 N–H and O–H groups in total. The average Bonchev–Trinajstić information content (AvgIpc) is 3.41. The minimum atomic E-state index is -0.724. The molecule has 0 spiro atoms. The number of carbonyl (C=O) groups is 2. The Kier molecular flexibility index (Phi) is 6.88. The fourth-order valence-electron chi connectivity index (χ4n) is 6.50. The predicted octanol–water partition coefficient (Wildman–Crippen LogP) is 5.13. The number of nitrogens with zero attached hydrogens (tertiary/aromatic N) is 2. The third kappa shape index (κ3) is 4.56. The molecule has 0 unspecified atom stereocenters. The number of benzene rings is 2. The van der Waals surface area contributed by atoms with E-state index in [4.69, 9.17) is 16.3 Å². The number of halogens is 1. The van der Waals surface area contributed by atoms with Crippen molar-refractivity contribution in [2.24, 2.45) is 11.3 Å². The molecule has 2 aliphatic carbocycles. The minimum Gasteiger partial charge on any atom is -0.493 e. The standard InChI is InChI=1S/C28H32ClN3O5/c1-2-37-24-10-9-21(29)15-23(24)25(33)31-16-20-7-4-11-27(20,18-31)17-30-26(34)28(12-5-13-28)19-6-3-8-22(14-19)32(35)36/h3,6,8-10,14-15,20H,2,4-5,7,11-13,16-18H2,1H3,(H,30,34)/t20-,27-/m0/s1. The largest absolute Gasteiger partial charge is 0.493 e. The Morgan fingerprint density at radius 1 is 1.19 bits per heavy atom. The summed E-state index contributed by atoms with van der Waals surface area (Å²) in [5.74, 6) is 0.664. The van der Waals surface area contributed by atoms with Crippen molar-refractivity contribution in [2.75, 3.05) is 26.2 Å². The summed E-state index contributed by atoms with van der Waals surface area (Å²) in [6.45, 7) is 4.03. The van der Waals surface area contributed by atoms with Gasteiger partial charge in [0.25, 0.3) is 11.6 Å². The maximum atomic E-state index is 13.6. The summed E-state index contributed by atoms with van der Waals surface area (Å²) < 4.78 is 5.69. The van der Waals surface area contributed by atoms with E-state index in [9.17, 15) is 19.7 Å². The van der Waals surface area contributed by atoms with E-state index in [1.807, 2.05) is 17.9 Å². The van der Waals surface area contributed by atoms with Gasteiger partial charge in [-0.2, -0.15) is 0 Å². The summed E-state index contributed by atoms with van der Waals surface area (Å²) in [6.07, 6.45) is 5.29. The highest BCUT2D eigenvalue weighted by Gasteiger charge is 2.52. The first kappa shape index (κ1) is 25.5. The van der Waals surface area contributed by atoms with Crippen molar-refractivity contribution < 1.29 is 19.2 Å². The molecule has 2 aromatic carbocycles. The Morgan fingerprint density at radius 2 is 2.00 bits per heavy atom. The van der Waals surface area contributed by atoms with Crippen molar-refractivity contribution in [2.45, 2.75) is 50.9 Å². The molecule has 0 radical (unpaired) electrons. The molecule has 8 nitrogen and oxygen atoms in total. The Bertz CT molecular complexity index is 1230. The normalized spacial score (nSPS) is 23.7. The molecule has 1 heterocycles. The number of rotatable bonds is 8. The van der Waals surface area contributed by atoms with Gasteiger partial charge in [0.2, 0.25) is 5.91 Å². The van der Waals surface area contributed by atoms with Crippen molar-refractivity contribution in [3.8, 4) is 5.75 Å². The second-order valence-electron chi connectivity index (χ2n) is 10.6. The average molecular weight is 526 g/mol. The van der Waals surface area contributed by atoms with Crippen LogP contribution in [-0.4, -0.2) is 47.9 Å².